The van der Waals surface area contributed by atoms with Crippen molar-refractivity contribution in [3.63, 3.8) is 0 Å². The molecule has 4 aromatic rings. The van der Waals surface area contributed by atoms with E-state index in [1.807, 2.05) is 43.5 Å². The van der Waals surface area contributed by atoms with Crippen LogP contribution in [0.3, 0.4) is 0 Å². The number of thiazole rings is 1. The largest absolute Gasteiger partial charge is 0.494 e. The van der Waals surface area contributed by atoms with E-state index < -0.39 is 10.0 Å². The maximum Gasteiger partial charge on any atom is 0.271 e. The number of ether oxygens (including phenoxy) is 1. The first-order valence-electron chi connectivity index (χ1n) is 10.7. The van der Waals surface area contributed by atoms with E-state index in [0.29, 0.717) is 17.4 Å². The molecule has 2 N–H and O–H groups in total. The highest BCUT2D eigenvalue weighted by molar-refractivity contribution is 8.00. The van der Waals surface area contributed by atoms with E-state index in [4.69, 9.17) is 4.74 Å². The third-order valence-corrected chi connectivity index (χ3v) is 9.39. The van der Waals surface area contributed by atoms with Gasteiger partial charge < -0.3 is 10.1 Å². The van der Waals surface area contributed by atoms with Gasteiger partial charge in [0.05, 0.1) is 17.6 Å². The minimum atomic E-state index is -3.59. The van der Waals surface area contributed by atoms with Crippen LogP contribution < -0.4 is 14.8 Å². The van der Waals surface area contributed by atoms with Crippen LogP contribution in [0.2, 0.25) is 0 Å². The number of sulfonamides is 1. The zero-order valence-corrected chi connectivity index (χ0v) is 22.2. The third kappa shape index (κ3) is 6.63. The minimum Gasteiger partial charge on any atom is -0.494 e. The number of rotatable bonds is 10. The molecule has 0 radical (unpaired) electrons. The van der Waals surface area contributed by atoms with Crippen molar-refractivity contribution in [1.29, 1.82) is 0 Å². The molecule has 35 heavy (non-hydrogen) atoms. The molecular weight excluding hydrogens is 523 g/mol. The van der Waals surface area contributed by atoms with Gasteiger partial charge in [0.1, 0.15) is 9.96 Å². The molecule has 1 atom stereocenters. The van der Waals surface area contributed by atoms with Gasteiger partial charge in [-0.25, -0.2) is 13.4 Å². The van der Waals surface area contributed by atoms with Gasteiger partial charge in [0.2, 0.25) is 5.91 Å². The van der Waals surface area contributed by atoms with E-state index in [1.165, 1.54) is 23.1 Å². The molecule has 0 saturated heterocycles. The van der Waals surface area contributed by atoms with Gasteiger partial charge in [0.15, 0.2) is 5.13 Å². The van der Waals surface area contributed by atoms with E-state index in [-0.39, 0.29) is 15.4 Å². The summed E-state index contributed by atoms with van der Waals surface area (Å²) in [7, 11) is -3.59. The number of nitrogens with zero attached hydrogens (tertiary/aromatic N) is 1. The van der Waals surface area contributed by atoms with Crippen molar-refractivity contribution in [3.8, 4) is 17.0 Å². The maximum atomic E-state index is 12.7. The highest BCUT2D eigenvalue weighted by atomic mass is 32.2. The number of nitrogens with one attached hydrogen (secondary N) is 2. The summed E-state index contributed by atoms with van der Waals surface area (Å²) in [5.74, 6) is 0.642. The monoisotopic (exact) mass is 545 g/mol. The molecule has 2 aromatic carbocycles. The second-order valence-corrected chi connectivity index (χ2v) is 12.4. The molecular formula is C24H23N3O4S4. The Hall–Kier alpha value is -2.86. The predicted octanol–water partition coefficient (Wildman–Crippen LogP) is 6.19. The molecule has 0 saturated carbocycles. The molecule has 0 fully saturated rings. The van der Waals surface area contributed by atoms with E-state index in [1.54, 1.807) is 41.8 Å². The summed E-state index contributed by atoms with van der Waals surface area (Å²) in [5, 5.41) is 6.65. The number of benzene rings is 2. The minimum absolute atomic E-state index is 0.162. The first kappa shape index (κ1) is 25.2. The topological polar surface area (TPSA) is 97.4 Å². The van der Waals surface area contributed by atoms with Crippen molar-refractivity contribution in [2.24, 2.45) is 0 Å². The highest BCUT2D eigenvalue weighted by Crippen LogP contribution is 2.29. The zero-order valence-electron chi connectivity index (χ0n) is 18.9. The Labute approximate surface area is 216 Å². The average Bonchev–Trinajstić information content (AvgIpc) is 3.54. The van der Waals surface area contributed by atoms with Crippen molar-refractivity contribution < 1.29 is 17.9 Å². The number of amides is 1. The van der Waals surface area contributed by atoms with Gasteiger partial charge in [-0.05, 0) is 73.8 Å². The number of carbonyl (C=O) groups is 1. The van der Waals surface area contributed by atoms with Crippen LogP contribution in [0.1, 0.15) is 13.8 Å². The Balaban J connectivity index is 1.32. The molecule has 1 unspecified atom stereocenters. The average molecular weight is 546 g/mol. The van der Waals surface area contributed by atoms with E-state index in [0.717, 1.165) is 33.2 Å². The van der Waals surface area contributed by atoms with Crippen molar-refractivity contribution in [3.05, 3.63) is 71.4 Å². The summed E-state index contributed by atoms with van der Waals surface area (Å²) in [4.78, 5) is 18.1. The number of hydrogen-bond donors (Lipinski definition) is 2. The van der Waals surface area contributed by atoms with Crippen LogP contribution in [0.25, 0.3) is 11.3 Å². The van der Waals surface area contributed by atoms with Gasteiger partial charge in [0, 0.05) is 21.5 Å². The number of aromatic nitrogens is 1. The van der Waals surface area contributed by atoms with Crippen LogP contribution in [0, 0.1) is 0 Å². The van der Waals surface area contributed by atoms with Crippen molar-refractivity contribution >= 4 is 61.2 Å². The van der Waals surface area contributed by atoms with Gasteiger partial charge in [-0.1, -0.05) is 6.07 Å². The number of anilines is 2. The molecule has 0 aliphatic rings. The summed E-state index contributed by atoms with van der Waals surface area (Å²) in [6.07, 6.45) is 0. The lowest BCUT2D eigenvalue weighted by Crippen LogP contribution is -2.22. The van der Waals surface area contributed by atoms with Crippen molar-refractivity contribution in [1.82, 2.24) is 4.98 Å². The fraction of sp³-hybridized carbons (Fsp3) is 0.167. The van der Waals surface area contributed by atoms with Crippen LogP contribution in [0.15, 0.2) is 80.5 Å². The fourth-order valence-corrected chi connectivity index (χ4v) is 6.68. The Bertz CT molecular complexity index is 1370. The Morgan fingerprint density at radius 1 is 1.09 bits per heavy atom. The second-order valence-electron chi connectivity index (χ2n) is 7.31. The molecule has 182 valence electrons. The SMILES string of the molecule is CCOc1ccc(-c2csc(NC(=O)C(C)Sc3ccc(NS(=O)(=O)c4cccs4)cc3)n2)cc1. The van der Waals surface area contributed by atoms with Gasteiger partial charge in [0.25, 0.3) is 10.0 Å². The molecule has 2 heterocycles. The normalized spacial score (nSPS) is 12.2. The number of carbonyl (C=O) groups excluding carboxylic acids is 1. The summed E-state index contributed by atoms with van der Waals surface area (Å²) in [6.45, 7) is 4.37. The molecule has 7 nitrogen and oxygen atoms in total. The molecule has 4 rings (SSSR count). The Morgan fingerprint density at radius 3 is 2.49 bits per heavy atom. The maximum absolute atomic E-state index is 12.7. The molecule has 0 aliphatic carbocycles. The number of thioether (sulfide) groups is 1. The Morgan fingerprint density at radius 2 is 1.83 bits per heavy atom. The lowest BCUT2D eigenvalue weighted by atomic mass is 10.2. The number of thiophene rings is 1. The number of hydrogen-bond acceptors (Lipinski definition) is 8. The molecule has 1 amide bonds. The standard InChI is InChI=1S/C24H23N3O4S4/c1-3-31-19-10-6-17(7-11-19)21-15-33-24(25-21)26-23(28)16(2)34-20-12-8-18(9-13-20)27-35(29,30)22-5-4-14-32-22/h4-16,27H,3H2,1-2H3,(H,25,26,28). The molecule has 11 heteroatoms. The smallest absolute Gasteiger partial charge is 0.271 e. The van der Waals surface area contributed by atoms with Crippen LogP contribution in [-0.4, -0.2) is 31.2 Å². The highest BCUT2D eigenvalue weighted by Gasteiger charge is 2.18. The van der Waals surface area contributed by atoms with Gasteiger partial charge >= 0.3 is 0 Å². The summed E-state index contributed by atoms with van der Waals surface area (Å²) < 4.78 is 33.0. The zero-order chi connectivity index (χ0) is 24.8. The molecule has 0 bridgehead atoms. The Kier molecular flexibility index (Phi) is 8.11. The third-order valence-electron chi connectivity index (χ3n) is 4.74. The van der Waals surface area contributed by atoms with Crippen molar-refractivity contribution in [2.75, 3.05) is 16.6 Å². The van der Waals surface area contributed by atoms with Crippen LogP contribution in [0.5, 0.6) is 5.75 Å². The van der Waals surface area contributed by atoms with Gasteiger partial charge in [-0.15, -0.1) is 34.4 Å². The predicted molar refractivity (Wildman–Crippen MR) is 144 cm³/mol. The quantitative estimate of drug-likeness (QED) is 0.231. The first-order chi connectivity index (χ1) is 16.8. The van der Waals surface area contributed by atoms with Crippen molar-refractivity contribution in [2.45, 2.75) is 28.2 Å². The van der Waals surface area contributed by atoms with Crippen LogP contribution >= 0.6 is 34.4 Å². The second kappa shape index (κ2) is 11.3. The van der Waals surface area contributed by atoms with Crippen LogP contribution in [-0.2, 0) is 14.8 Å². The van der Waals surface area contributed by atoms with Gasteiger partial charge in [-0.3, -0.25) is 9.52 Å². The molecule has 0 aliphatic heterocycles. The van der Waals surface area contributed by atoms with Gasteiger partial charge in [-0.2, -0.15) is 0 Å². The summed E-state index contributed by atoms with van der Waals surface area (Å²) >= 11 is 3.91. The molecule has 0 spiro atoms. The van der Waals surface area contributed by atoms with Crippen LogP contribution in [0.4, 0.5) is 10.8 Å². The summed E-state index contributed by atoms with van der Waals surface area (Å²) in [5.41, 5.74) is 2.20. The molecule has 2 aromatic heterocycles. The lowest BCUT2D eigenvalue weighted by Gasteiger charge is -2.11. The lowest BCUT2D eigenvalue weighted by molar-refractivity contribution is -0.115. The fourth-order valence-electron chi connectivity index (χ4n) is 3.04. The summed E-state index contributed by atoms with van der Waals surface area (Å²) in [6, 6.07) is 17.9. The van der Waals surface area contributed by atoms with E-state index >= 15 is 0 Å². The van der Waals surface area contributed by atoms with E-state index in [2.05, 4.69) is 15.0 Å². The first-order valence-corrected chi connectivity index (χ1v) is 14.8. The van der Waals surface area contributed by atoms with E-state index in [9.17, 15) is 13.2 Å².